The molecular formula is C14H19ClO. The number of hydrogen-bond donors (Lipinski definition) is 0. The third kappa shape index (κ3) is 5.94. The summed E-state index contributed by atoms with van der Waals surface area (Å²) in [6, 6.07) is 7.88. The highest BCUT2D eigenvalue weighted by Crippen LogP contribution is 2.11. The quantitative estimate of drug-likeness (QED) is 0.633. The van der Waals surface area contributed by atoms with E-state index in [2.05, 4.69) is 12.2 Å². The van der Waals surface area contributed by atoms with E-state index in [4.69, 9.17) is 16.3 Å². The van der Waals surface area contributed by atoms with Crippen molar-refractivity contribution in [3.8, 4) is 0 Å². The fraction of sp³-hybridized carbons (Fsp3) is 0.429. The molecule has 16 heavy (non-hydrogen) atoms. The zero-order valence-electron chi connectivity index (χ0n) is 9.79. The van der Waals surface area contributed by atoms with Crippen LogP contribution >= 0.6 is 11.6 Å². The van der Waals surface area contributed by atoms with Crippen molar-refractivity contribution in [3.63, 3.8) is 0 Å². The van der Waals surface area contributed by atoms with Crippen LogP contribution in [0.5, 0.6) is 0 Å². The Kier molecular flexibility index (Phi) is 6.95. The standard InChI is InChI=1S/C14H19ClO/c1-2-16-12-6-4-3-5-7-13-8-10-14(15)11-9-13/h5,7-11H,2-4,6,12H2,1H3. The van der Waals surface area contributed by atoms with Crippen LogP contribution in [0.2, 0.25) is 5.02 Å². The molecule has 1 rings (SSSR count). The van der Waals surface area contributed by atoms with Crippen molar-refractivity contribution in [2.24, 2.45) is 0 Å². The molecule has 0 spiro atoms. The second-order valence-corrected chi connectivity index (χ2v) is 4.08. The van der Waals surface area contributed by atoms with Gasteiger partial charge in [-0.2, -0.15) is 0 Å². The van der Waals surface area contributed by atoms with Crippen molar-refractivity contribution in [1.82, 2.24) is 0 Å². The molecule has 0 saturated heterocycles. The third-order valence-electron chi connectivity index (χ3n) is 2.29. The number of allylic oxidation sites excluding steroid dienone is 1. The van der Waals surface area contributed by atoms with E-state index in [-0.39, 0.29) is 0 Å². The molecule has 1 aromatic carbocycles. The topological polar surface area (TPSA) is 9.23 Å². The highest BCUT2D eigenvalue weighted by Gasteiger charge is 1.88. The summed E-state index contributed by atoms with van der Waals surface area (Å²) in [5.41, 5.74) is 1.20. The van der Waals surface area contributed by atoms with Crippen LogP contribution in [0.4, 0.5) is 0 Å². The minimum atomic E-state index is 0.786. The van der Waals surface area contributed by atoms with Crippen LogP contribution < -0.4 is 0 Å². The Morgan fingerprint density at radius 2 is 1.94 bits per heavy atom. The molecule has 0 saturated carbocycles. The van der Waals surface area contributed by atoms with Gasteiger partial charge in [0.1, 0.15) is 0 Å². The Labute approximate surface area is 103 Å². The highest BCUT2D eigenvalue weighted by molar-refractivity contribution is 6.30. The Bertz CT molecular complexity index is 303. The van der Waals surface area contributed by atoms with Crippen molar-refractivity contribution >= 4 is 17.7 Å². The largest absolute Gasteiger partial charge is 0.382 e. The van der Waals surface area contributed by atoms with Gasteiger partial charge in [0.2, 0.25) is 0 Å². The summed E-state index contributed by atoms with van der Waals surface area (Å²) >= 11 is 5.81. The lowest BCUT2D eigenvalue weighted by atomic mass is 10.1. The molecule has 1 nitrogen and oxygen atoms in total. The summed E-state index contributed by atoms with van der Waals surface area (Å²) in [5, 5.41) is 0.786. The molecule has 0 atom stereocenters. The first-order valence-corrected chi connectivity index (χ1v) is 6.20. The summed E-state index contributed by atoms with van der Waals surface area (Å²) in [4.78, 5) is 0. The normalized spacial score (nSPS) is 11.1. The monoisotopic (exact) mass is 238 g/mol. The van der Waals surface area contributed by atoms with Gasteiger partial charge in [0, 0.05) is 18.2 Å². The van der Waals surface area contributed by atoms with Gasteiger partial charge in [0.25, 0.3) is 0 Å². The fourth-order valence-electron chi connectivity index (χ4n) is 1.40. The molecule has 0 N–H and O–H groups in total. The SMILES string of the molecule is CCOCCCCC=Cc1ccc(Cl)cc1. The van der Waals surface area contributed by atoms with Crippen molar-refractivity contribution in [1.29, 1.82) is 0 Å². The molecule has 0 heterocycles. The summed E-state index contributed by atoms with van der Waals surface area (Å²) in [6.07, 6.45) is 7.77. The second kappa shape index (κ2) is 8.37. The molecule has 0 fully saturated rings. The maximum atomic E-state index is 5.81. The van der Waals surface area contributed by atoms with Crippen molar-refractivity contribution in [3.05, 3.63) is 40.9 Å². The maximum absolute atomic E-state index is 5.81. The molecule has 0 aromatic heterocycles. The number of hydrogen-bond acceptors (Lipinski definition) is 1. The van der Waals surface area contributed by atoms with Crippen molar-refractivity contribution in [2.45, 2.75) is 26.2 Å². The molecule has 2 heteroatoms. The third-order valence-corrected chi connectivity index (χ3v) is 2.55. The van der Waals surface area contributed by atoms with E-state index >= 15 is 0 Å². The predicted octanol–water partition coefficient (Wildman–Crippen LogP) is 4.56. The zero-order valence-corrected chi connectivity index (χ0v) is 10.5. The Hall–Kier alpha value is -0.790. The van der Waals surface area contributed by atoms with E-state index in [1.54, 1.807) is 0 Å². The fourth-order valence-corrected chi connectivity index (χ4v) is 1.53. The van der Waals surface area contributed by atoms with E-state index in [0.717, 1.165) is 31.1 Å². The van der Waals surface area contributed by atoms with Gasteiger partial charge < -0.3 is 4.74 Å². The van der Waals surface area contributed by atoms with Gasteiger partial charge in [-0.15, -0.1) is 0 Å². The van der Waals surface area contributed by atoms with Gasteiger partial charge in [-0.05, 0) is 43.9 Å². The summed E-state index contributed by atoms with van der Waals surface area (Å²) < 4.78 is 5.27. The van der Waals surface area contributed by atoms with E-state index < -0.39 is 0 Å². The number of halogens is 1. The van der Waals surface area contributed by atoms with Crippen molar-refractivity contribution in [2.75, 3.05) is 13.2 Å². The number of ether oxygens (including phenoxy) is 1. The molecule has 0 radical (unpaired) electrons. The van der Waals surface area contributed by atoms with Gasteiger partial charge in [0.15, 0.2) is 0 Å². The summed E-state index contributed by atoms with van der Waals surface area (Å²) in [6.45, 7) is 3.73. The number of rotatable bonds is 7. The van der Waals surface area contributed by atoms with Gasteiger partial charge in [-0.1, -0.05) is 35.9 Å². The van der Waals surface area contributed by atoms with Gasteiger partial charge in [0.05, 0.1) is 0 Å². The number of benzene rings is 1. The van der Waals surface area contributed by atoms with Crippen LogP contribution in [0, 0.1) is 0 Å². The lowest BCUT2D eigenvalue weighted by molar-refractivity contribution is 0.143. The first-order valence-electron chi connectivity index (χ1n) is 5.83. The Balaban J connectivity index is 2.14. The average Bonchev–Trinajstić information content (AvgIpc) is 2.30. The molecule has 0 aliphatic heterocycles. The predicted molar refractivity (Wildman–Crippen MR) is 70.8 cm³/mol. The minimum Gasteiger partial charge on any atom is -0.382 e. The second-order valence-electron chi connectivity index (χ2n) is 3.65. The Morgan fingerprint density at radius 1 is 1.19 bits per heavy atom. The Morgan fingerprint density at radius 3 is 2.62 bits per heavy atom. The van der Waals surface area contributed by atoms with Gasteiger partial charge in [-0.25, -0.2) is 0 Å². The van der Waals surface area contributed by atoms with Crippen LogP contribution in [-0.2, 0) is 4.74 Å². The number of unbranched alkanes of at least 4 members (excludes halogenated alkanes) is 2. The summed E-state index contributed by atoms with van der Waals surface area (Å²) in [7, 11) is 0. The van der Waals surface area contributed by atoms with Crippen LogP contribution in [-0.4, -0.2) is 13.2 Å². The maximum Gasteiger partial charge on any atom is 0.0466 e. The van der Waals surface area contributed by atoms with Gasteiger partial charge >= 0.3 is 0 Å². The smallest absolute Gasteiger partial charge is 0.0466 e. The molecule has 88 valence electrons. The highest BCUT2D eigenvalue weighted by atomic mass is 35.5. The molecule has 0 unspecified atom stereocenters. The molecule has 0 aliphatic carbocycles. The molecule has 0 bridgehead atoms. The van der Waals surface area contributed by atoms with Crippen LogP contribution in [0.15, 0.2) is 30.3 Å². The van der Waals surface area contributed by atoms with E-state index in [9.17, 15) is 0 Å². The minimum absolute atomic E-state index is 0.786. The van der Waals surface area contributed by atoms with Crippen LogP contribution in [0.3, 0.4) is 0 Å². The first kappa shape index (κ1) is 13.3. The molecule has 0 amide bonds. The molecule has 1 aromatic rings. The van der Waals surface area contributed by atoms with Gasteiger partial charge in [-0.3, -0.25) is 0 Å². The lowest BCUT2D eigenvalue weighted by Gasteiger charge is -1.98. The van der Waals surface area contributed by atoms with E-state index in [1.165, 1.54) is 12.0 Å². The summed E-state index contributed by atoms with van der Waals surface area (Å²) in [5.74, 6) is 0. The zero-order chi connectivity index (χ0) is 11.6. The van der Waals surface area contributed by atoms with Crippen LogP contribution in [0.25, 0.3) is 6.08 Å². The van der Waals surface area contributed by atoms with Crippen LogP contribution in [0.1, 0.15) is 31.7 Å². The van der Waals surface area contributed by atoms with Crippen molar-refractivity contribution < 1.29 is 4.74 Å². The van der Waals surface area contributed by atoms with E-state index in [0.29, 0.717) is 0 Å². The molecular weight excluding hydrogens is 220 g/mol. The van der Waals surface area contributed by atoms with E-state index in [1.807, 2.05) is 31.2 Å². The average molecular weight is 239 g/mol. The lowest BCUT2D eigenvalue weighted by Crippen LogP contribution is -1.92. The first-order chi connectivity index (χ1) is 7.83. The molecule has 0 aliphatic rings.